The van der Waals surface area contributed by atoms with Gasteiger partial charge in [-0.1, -0.05) is 42.5 Å². The molecule has 0 bridgehead atoms. The van der Waals surface area contributed by atoms with Crippen molar-refractivity contribution in [3.63, 3.8) is 0 Å². The van der Waals surface area contributed by atoms with E-state index in [9.17, 15) is 22.8 Å². The van der Waals surface area contributed by atoms with Gasteiger partial charge in [0.2, 0.25) is 0 Å². The number of nitrogens with two attached hydrogens (primary N) is 1. The number of aromatic nitrogens is 3. The van der Waals surface area contributed by atoms with Gasteiger partial charge in [0.15, 0.2) is 5.78 Å². The number of primary amides is 1. The smallest absolute Gasteiger partial charge is 0.251 e. The zero-order valence-corrected chi connectivity index (χ0v) is 24.6. The fourth-order valence-electron chi connectivity index (χ4n) is 5.36. The first-order chi connectivity index (χ1) is 21.7. The van der Waals surface area contributed by atoms with Crippen molar-refractivity contribution in [1.82, 2.24) is 14.5 Å². The number of hydrogen-bond acceptors (Lipinski definition) is 5. The van der Waals surface area contributed by atoms with Crippen molar-refractivity contribution >= 4 is 11.7 Å². The van der Waals surface area contributed by atoms with Crippen molar-refractivity contribution in [3.05, 3.63) is 143 Å². The number of carbonyl (C=O) groups excluding carboxylic acids is 2. The molecule has 7 nitrogen and oxygen atoms in total. The van der Waals surface area contributed by atoms with Crippen LogP contribution < -0.4 is 5.73 Å². The third-order valence-electron chi connectivity index (χ3n) is 7.32. The maximum atomic E-state index is 14.3. The molecule has 0 aliphatic heterocycles. The van der Waals surface area contributed by atoms with Crippen LogP contribution in [0.1, 0.15) is 51.0 Å². The van der Waals surface area contributed by atoms with Crippen molar-refractivity contribution in [3.8, 4) is 11.1 Å². The molecule has 0 saturated carbocycles. The molecule has 5 rings (SSSR count). The van der Waals surface area contributed by atoms with Crippen molar-refractivity contribution in [2.24, 2.45) is 5.73 Å². The van der Waals surface area contributed by atoms with Crippen LogP contribution >= 0.6 is 0 Å². The number of ketones is 1. The largest absolute Gasteiger partial charge is 0.369 e. The average molecular weight is 613 g/mol. The second-order valence-corrected chi connectivity index (χ2v) is 10.8. The Bertz CT molecular complexity index is 1800. The van der Waals surface area contributed by atoms with Crippen molar-refractivity contribution in [1.29, 1.82) is 0 Å². The molecule has 3 aromatic carbocycles. The molecule has 2 N–H and O–H groups in total. The maximum Gasteiger partial charge on any atom is 0.251 e. The molecule has 45 heavy (non-hydrogen) atoms. The lowest BCUT2D eigenvalue weighted by molar-refractivity contribution is -0.120. The number of benzene rings is 3. The quantitative estimate of drug-likeness (QED) is 0.164. The molecule has 0 aliphatic rings. The van der Waals surface area contributed by atoms with Crippen LogP contribution in [-0.2, 0) is 35.7 Å². The predicted octanol–water partition coefficient (Wildman–Crippen LogP) is 6.47. The number of pyridine rings is 1. The Kier molecular flexibility index (Phi) is 9.84. The van der Waals surface area contributed by atoms with Crippen LogP contribution in [0.2, 0.25) is 0 Å². The number of imidazole rings is 1. The van der Waals surface area contributed by atoms with Crippen LogP contribution in [0.3, 0.4) is 0 Å². The van der Waals surface area contributed by atoms with Crippen molar-refractivity contribution in [2.75, 3.05) is 0 Å². The van der Waals surface area contributed by atoms with Gasteiger partial charge in [0, 0.05) is 36.4 Å². The van der Waals surface area contributed by atoms with Gasteiger partial charge >= 0.3 is 0 Å². The van der Waals surface area contributed by atoms with Gasteiger partial charge in [-0.15, -0.1) is 0 Å². The highest BCUT2D eigenvalue weighted by molar-refractivity contribution is 5.94. The van der Waals surface area contributed by atoms with Crippen LogP contribution in [-0.4, -0.2) is 26.2 Å². The van der Waals surface area contributed by atoms with Gasteiger partial charge in [-0.2, -0.15) is 0 Å². The highest BCUT2D eigenvalue weighted by Gasteiger charge is 2.24. The van der Waals surface area contributed by atoms with Crippen molar-refractivity contribution < 1.29 is 27.5 Å². The zero-order valence-electron chi connectivity index (χ0n) is 24.6. The van der Waals surface area contributed by atoms with E-state index in [2.05, 4.69) is 9.97 Å². The molecule has 1 amide bonds. The summed E-state index contributed by atoms with van der Waals surface area (Å²) in [6.07, 6.45) is 3.37. The van der Waals surface area contributed by atoms with Crippen LogP contribution in [0.4, 0.5) is 13.2 Å². The molecule has 5 aromatic rings. The summed E-state index contributed by atoms with van der Waals surface area (Å²) < 4.78 is 50.2. The molecule has 1 atom stereocenters. The fraction of sp³-hybridized carbons (Fsp3) is 0.200. The minimum absolute atomic E-state index is 0.0105. The monoisotopic (exact) mass is 612 g/mol. The first-order valence-electron chi connectivity index (χ1n) is 14.3. The molecule has 10 heteroatoms. The summed E-state index contributed by atoms with van der Waals surface area (Å²) in [4.78, 5) is 34.6. The lowest BCUT2D eigenvalue weighted by Gasteiger charge is -2.20. The second-order valence-electron chi connectivity index (χ2n) is 10.8. The minimum atomic E-state index is -0.930. The van der Waals surface area contributed by atoms with E-state index >= 15 is 0 Å². The third-order valence-corrected chi connectivity index (χ3v) is 7.32. The van der Waals surface area contributed by atoms with Gasteiger partial charge in [-0.25, -0.2) is 18.2 Å². The SMILES string of the molecule is Cc1cn(CC(=O)C[C@@H](Cc2cc(F)cc(F)c2)c2ncccc2-c2ccc(F)c(C(N)=O)c2)c(COCc2ccccc2)n1. The second kappa shape index (κ2) is 14.1. The van der Waals surface area contributed by atoms with E-state index in [0.717, 1.165) is 23.4 Å². The number of rotatable bonds is 13. The molecule has 0 fully saturated rings. The lowest BCUT2D eigenvalue weighted by atomic mass is 9.86. The van der Waals surface area contributed by atoms with E-state index in [1.165, 1.54) is 24.3 Å². The van der Waals surface area contributed by atoms with Crippen LogP contribution in [0.15, 0.2) is 91.3 Å². The maximum absolute atomic E-state index is 14.3. The molecule has 0 spiro atoms. The van der Waals surface area contributed by atoms with Gasteiger partial charge in [0.05, 0.1) is 30.1 Å². The summed E-state index contributed by atoms with van der Waals surface area (Å²) in [5.74, 6) is -3.39. The number of ether oxygens (including phenoxy) is 1. The Hall–Kier alpha value is -5.09. The van der Waals surface area contributed by atoms with E-state index in [0.29, 0.717) is 34.8 Å². The molecule has 2 aromatic heterocycles. The minimum Gasteiger partial charge on any atom is -0.369 e. The van der Waals surface area contributed by atoms with E-state index < -0.39 is 29.3 Å². The van der Waals surface area contributed by atoms with E-state index in [-0.39, 0.29) is 37.3 Å². The third kappa shape index (κ3) is 8.10. The number of amides is 1. The van der Waals surface area contributed by atoms with Crippen LogP contribution in [0.25, 0.3) is 11.1 Å². The van der Waals surface area contributed by atoms with Gasteiger partial charge in [-0.3, -0.25) is 14.6 Å². The molecule has 0 saturated heterocycles. The summed E-state index contributed by atoms with van der Waals surface area (Å²) >= 11 is 0. The Balaban J connectivity index is 1.42. The number of Topliss-reactive ketones (excluding diaryl/α,β-unsaturated/α-hetero) is 1. The first-order valence-corrected chi connectivity index (χ1v) is 14.3. The van der Waals surface area contributed by atoms with Gasteiger partial charge in [0.25, 0.3) is 5.91 Å². The Labute approximate surface area is 258 Å². The van der Waals surface area contributed by atoms with Crippen LogP contribution in [0, 0.1) is 24.4 Å². The predicted molar refractivity (Wildman–Crippen MR) is 162 cm³/mol. The lowest BCUT2D eigenvalue weighted by Crippen LogP contribution is -2.18. The van der Waals surface area contributed by atoms with Gasteiger partial charge in [0.1, 0.15) is 29.9 Å². The number of nitrogens with zero attached hydrogens (tertiary/aromatic N) is 3. The summed E-state index contributed by atoms with van der Waals surface area (Å²) in [7, 11) is 0. The average Bonchev–Trinajstić information content (AvgIpc) is 3.35. The Morgan fingerprint density at radius 1 is 0.911 bits per heavy atom. The zero-order chi connectivity index (χ0) is 31.9. The summed E-state index contributed by atoms with van der Waals surface area (Å²) in [6.45, 7) is 2.39. The molecule has 230 valence electrons. The van der Waals surface area contributed by atoms with E-state index in [4.69, 9.17) is 10.5 Å². The fourth-order valence-corrected chi connectivity index (χ4v) is 5.36. The molecule has 0 unspecified atom stereocenters. The highest BCUT2D eigenvalue weighted by Crippen LogP contribution is 2.33. The molecule has 0 radical (unpaired) electrons. The standard InChI is InChI=1S/C35H31F3N4O3/c1-22-18-42(33(41-22)21-45-20-23-6-3-2-4-7-23)19-29(43)15-26(12-24-13-27(36)17-28(37)14-24)34-30(8-5-11-40-34)25-9-10-32(38)31(16-25)35(39)44/h2-11,13-14,16-18,26H,12,15,19-21H2,1H3,(H2,39,44)/t26-/m1/s1. The summed E-state index contributed by atoms with van der Waals surface area (Å²) in [5.41, 5.74) is 8.60. The van der Waals surface area contributed by atoms with E-state index in [1.54, 1.807) is 29.1 Å². The first kappa shape index (κ1) is 31.3. The number of carbonyl (C=O) groups is 2. The van der Waals surface area contributed by atoms with Gasteiger partial charge < -0.3 is 15.0 Å². The number of halogens is 3. The van der Waals surface area contributed by atoms with Crippen molar-refractivity contribution in [2.45, 2.75) is 45.4 Å². The molecular formula is C35H31F3N4O3. The number of aryl methyl sites for hydroxylation is 1. The normalized spacial score (nSPS) is 11.8. The summed E-state index contributed by atoms with van der Waals surface area (Å²) in [6, 6.07) is 20.3. The topological polar surface area (TPSA) is 100 Å². The molecule has 2 heterocycles. The Morgan fingerprint density at radius 2 is 1.67 bits per heavy atom. The van der Waals surface area contributed by atoms with E-state index in [1.807, 2.05) is 37.3 Å². The van der Waals surface area contributed by atoms with Gasteiger partial charge in [-0.05, 0) is 60.4 Å². The molecule has 0 aliphatic carbocycles. The Morgan fingerprint density at radius 3 is 2.40 bits per heavy atom. The highest BCUT2D eigenvalue weighted by atomic mass is 19.1. The summed E-state index contributed by atoms with van der Waals surface area (Å²) in [5, 5.41) is 0. The van der Waals surface area contributed by atoms with Crippen LogP contribution in [0.5, 0.6) is 0 Å². The number of hydrogen-bond donors (Lipinski definition) is 1. The molecular weight excluding hydrogens is 581 g/mol.